The van der Waals surface area contributed by atoms with Gasteiger partial charge in [0.05, 0.1) is 0 Å². The molecule has 1 heterocycles. The Hall–Kier alpha value is -1.35. The van der Waals surface area contributed by atoms with Crippen LogP contribution in [-0.4, -0.2) is 17.5 Å². The highest BCUT2D eigenvalue weighted by atomic mass is 16.2. The van der Waals surface area contributed by atoms with Gasteiger partial charge in [-0.2, -0.15) is 0 Å². The van der Waals surface area contributed by atoms with Crippen LogP contribution in [0.3, 0.4) is 0 Å². The first-order valence-corrected chi connectivity index (χ1v) is 3.72. The summed E-state index contributed by atoms with van der Waals surface area (Å²) < 4.78 is 0. The van der Waals surface area contributed by atoms with Gasteiger partial charge < -0.3 is 5.02 Å². The van der Waals surface area contributed by atoms with Crippen LogP contribution in [-0.2, 0) is 0 Å². The molecule has 3 heteroatoms. The summed E-state index contributed by atoms with van der Waals surface area (Å²) in [4.78, 5) is 3.99. The molecule has 2 rings (SSSR count). The fraction of sp³-hybridized carbons (Fsp3) is 0. The molecule has 0 amide bonds. The van der Waals surface area contributed by atoms with Crippen LogP contribution in [0, 0.1) is 0 Å². The lowest BCUT2D eigenvalue weighted by Crippen LogP contribution is -2.13. The molecule has 57 valence electrons. The highest BCUT2D eigenvalue weighted by Crippen LogP contribution is 2.07. The van der Waals surface area contributed by atoms with Gasteiger partial charge in [-0.1, -0.05) is 18.2 Å². The summed E-state index contributed by atoms with van der Waals surface area (Å²) in [5.41, 5.74) is 0.806. The molecule has 0 unspecified atom stereocenters. The number of pyridine rings is 1. The van der Waals surface area contributed by atoms with E-state index in [-0.39, 0.29) is 0 Å². The van der Waals surface area contributed by atoms with Gasteiger partial charge in [0.15, 0.2) is 0 Å². The van der Waals surface area contributed by atoms with Gasteiger partial charge in [-0.25, -0.2) is 0 Å². The third-order valence-electron chi connectivity index (χ3n) is 1.86. The van der Waals surface area contributed by atoms with E-state index in [0.717, 1.165) is 23.7 Å². The smallest absolute Gasteiger partial charge is 0.327 e. The first-order chi connectivity index (χ1) is 5.92. The van der Waals surface area contributed by atoms with E-state index in [1.54, 1.807) is 12.4 Å². The molecule has 1 aromatic heterocycles. The summed E-state index contributed by atoms with van der Waals surface area (Å²) in [5.74, 6) is 0. The van der Waals surface area contributed by atoms with Crippen LogP contribution >= 0.6 is 0 Å². The molecule has 1 aromatic carbocycles. The SMILES string of the molecule is O[B]c1cccc2ccncc12. The van der Waals surface area contributed by atoms with Gasteiger partial charge in [0.2, 0.25) is 0 Å². The van der Waals surface area contributed by atoms with Crippen molar-refractivity contribution in [3.05, 3.63) is 36.7 Å². The van der Waals surface area contributed by atoms with Crippen LogP contribution in [0.1, 0.15) is 0 Å². The lowest BCUT2D eigenvalue weighted by Gasteiger charge is -2.00. The molecule has 2 nitrogen and oxygen atoms in total. The minimum absolute atomic E-state index is 0.806. The fourth-order valence-electron chi connectivity index (χ4n) is 1.25. The molecule has 0 aliphatic carbocycles. The molecule has 1 N–H and O–H groups in total. The average Bonchev–Trinajstić information content (AvgIpc) is 2.17. The zero-order chi connectivity index (χ0) is 8.39. The second-order valence-electron chi connectivity index (χ2n) is 2.57. The molecular weight excluding hydrogens is 149 g/mol. The van der Waals surface area contributed by atoms with Gasteiger partial charge in [0.25, 0.3) is 0 Å². The molecule has 0 spiro atoms. The van der Waals surface area contributed by atoms with Crippen molar-refractivity contribution < 1.29 is 5.02 Å². The highest BCUT2D eigenvalue weighted by molar-refractivity contribution is 6.50. The molecule has 1 radical (unpaired) electrons. The number of fused-ring (bicyclic) bond motifs is 1. The van der Waals surface area contributed by atoms with Crippen LogP contribution < -0.4 is 5.46 Å². The van der Waals surface area contributed by atoms with Crippen molar-refractivity contribution in [2.75, 3.05) is 0 Å². The minimum Gasteiger partial charge on any atom is -0.450 e. The first-order valence-electron chi connectivity index (χ1n) is 3.72. The Morgan fingerprint density at radius 1 is 1.25 bits per heavy atom. The van der Waals surface area contributed by atoms with Gasteiger partial charge in [0, 0.05) is 12.4 Å². The zero-order valence-electron chi connectivity index (χ0n) is 6.44. The van der Waals surface area contributed by atoms with Crippen molar-refractivity contribution in [1.29, 1.82) is 0 Å². The number of benzene rings is 1. The van der Waals surface area contributed by atoms with Gasteiger partial charge in [0.1, 0.15) is 0 Å². The second-order valence-corrected chi connectivity index (χ2v) is 2.57. The summed E-state index contributed by atoms with van der Waals surface area (Å²) in [6.07, 6.45) is 3.49. The number of hydrogen-bond acceptors (Lipinski definition) is 2. The molecule has 0 saturated carbocycles. The lowest BCUT2D eigenvalue weighted by atomic mass is 9.85. The van der Waals surface area contributed by atoms with Crippen LogP contribution in [0.2, 0.25) is 0 Å². The summed E-state index contributed by atoms with van der Waals surface area (Å²) in [6.45, 7) is 0. The molecule has 2 aromatic rings. The maximum atomic E-state index is 8.88. The van der Waals surface area contributed by atoms with E-state index in [4.69, 9.17) is 5.02 Å². The van der Waals surface area contributed by atoms with Crippen LogP contribution in [0.25, 0.3) is 10.8 Å². The molecule has 0 atom stereocenters. The Balaban J connectivity index is 2.79. The standard InChI is InChI=1S/C9H7BNO/c12-10-9-3-1-2-7-4-5-11-6-8(7)9/h1-6,12H. The summed E-state index contributed by atoms with van der Waals surface area (Å²) >= 11 is 0. The van der Waals surface area contributed by atoms with Crippen molar-refractivity contribution in [3.8, 4) is 0 Å². The molecule has 0 aliphatic rings. The van der Waals surface area contributed by atoms with Gasteiger partial charge in [-0.15, -0.1) is 0 Å². The van der Waals surface area contributed by atoms with E-state index in [2.05, 4.69) is 4.98 Å². The third kappa shape index (κ3) is 1.08. The van der Waals surface area contributed by atoms with Crippen LogP contribution in [0.15, 0.2) is 36.7 Å². The number of nitrogens with zero attached hydrogens (tertiary/aromatic N) is 1. The zero-order valence-corrected chi connectivity index (χ0v) is 6.44. The Labute approximate surface area is 71.1 Å². The van der Waals surface area contributed by atoms with Crippen molar-refractivity contribution >= 4 is 23.7 Å². The summed E-state index contributed by atoms with van der Waals surface area (Å²) in [6, 6.07) is 7.67. The van der Waals surface area contributed by atoms with E-state index < -0.39 is 0 Å². The maximum absolute atomic E-state index is 8.88. The van der Waals surface area contributed by atoms with E-state index in [1.165, 1.54) is 0 Å². The number of aromatic nitrogens is 1. The Morgan fingerprint density at radius 2 is 2.17 bits per heavy atom. The average molecular weight is 156 g/mol. The van der Waals surface area contributed by atoms with Gasteiger partial charge >= 0.3 is 7.48 Å². The van der Waals surface area contributed by atoms with Gasteiger partial charge in [-0.05, 0) is 22.3 Å². The van der Waals surface area contributed by atoms with Crippen LogP contribution in [0.4, 0.5) is 0 Å². The summed E-state index contributed by atoms with van der Waals surface area (Å²) in [5, 5.41) is 10.9. The monoisotopic (exact) mass is 156 g/mol. The molecule has 0 saturated heterocycles. The molecular formula is C9H7BNO. The largest absolute Gasteiger partial charge is 0.450 e. The highest BCUT2D eigenvalue weighted by Gasteiger charge is 1.99. The normalized spacial score (nSPS) is 10.1. The van der Waals surface area contributed by atoms with E-state index in [9.17, 15) is 0 Å². The first kappa shape index (κ1) is 7.31. The summed E-state index contributed by atoms with van der Waals surface area (Å²) in [7, 11) is 1.10. The maximum Gasteiger partial charge on any atom is 0.327 e. The van der Waals surface area contributed by atoms with E-state index in [1.807, 2.05) is 24.3 Å². The van der Waals surface area contributed by atoms with Crippen molar-refractivity contribution in [2.24, 2.45) is 0 Å². The third-order valence-corrected chi connectivity index (χ3v) is 1.86. The Morgan fingerprint density at radius 3 is 3.00 bits per heavy atom. The quantitative estimate of drug-likeness (QED) is 0.608. The second kappa shape index (κ2) is 2.95. The topological polar surface area (TPSA) is 33.1 Å². The molecule has 0 fully saturated rings. The van der Waals surface area contributed by atoms with Crippen LogP contribution in [0.5, 0.6) is 0 Å². The Kier molecular flexibility index (Phi) is 1.80. The number of rotatable bonds is 1. The fourth-order valence-corrected chi connectivity index (χ4v) is 1.25. The van der Waals surface area contributed by atoms with Gasteiger partial charge in [-0.3, -0.25) is 4.98 Å². The van der Waals surface area contributed by atoms with E-state index >= 15 is 0 Å². The van der Waals surface area contributed by atoms with Crippen molar-refractivity contribution in [2.45, 2.75) is 0 Å². The molecule has 0 aliphatic heterocycles. The van der Waals surface area contributed by atoms with Crippen molar-refractivity contribution in [1.82, 2.24) is 4.98 Å². The van der Waals surface area contributed by atoms with E-state index in [0.29, 0.717) is 0 Å². The minimum atomic E-state index is 0.806. The Bertz CT molecular complexity index is 397. The number of hydrogen-bond donors (Lipinski definition) is 1. The predicted octanol–water partition coefficient (Wildman–Crippen LogP) is 0.472. The lowest BCUT2D eigenvalue weighted by molar-refractivity contribution is 0.616. The molecule has 12 heavy (non-hydrogen) atoms. The predicted molar refractivity (Wildman–Crippen MR) is 49.3 cm³/mol. The van der Waals surface area contributed by atoms with Crippen molar-refractivity contribution in [3.63, 3.8) is 0 Å². The molecule has 0 bridgehead atoms.